The van der Waals surface area contributed by atoms with E-state index in [9.17, 15) is 18.1 Å². The van der Waals surface area contributed by atoms with E-state index in [2.05, 4.69) is 65.1 Å². The highest BCUT2D eigenvalue weighted by Gasteiger charge is 2.53. The number of piperidine rings is 1. The van der Waals surface area contributed by atoms with Crippen molar-refractivity contribution in [2.24, 2.45) is 0 Å². The number of rotatable bonds is 5. The van der Waals surface area contributed by atoms with Gasteiger partial charge in [0.2, 0.25) is 11.7 Å². The SMILES string of the molecule is CCC1=C2CC=C(Nc3ncc(F)c(NC4CC(C)(C)N(C)C(C)(C)C4)n3)C=C2O[N+](F)(F)C1=O. The van der Waals surface area contributed by atoms with Crippen LogP contribution in [0.1, 0.15) is 60.3 Å². The summed E-state index contributed by atoms with van der Waals surface area (Å²) in [5.74, 6) is -1.84. The minimum Gasteiger partial charge on any atom is -0.365 e. The number of anilines is 2. The highest BCUT2D eigenvalue weighted by Crippen LogP contribution is 2.39. The molecule has 1 aromatic rings. The van der Waals surface area contributed by atoms with E-state index in [0.29, 0.717) is 11.3 Å². The predicted octanol–water partition coefficient (Wildman–Crippen LogP) is 5.03. The fourth-order valence-electron chi connectivity index (χ4n) is 5.18. The minimum atomic E-state index is -3.18. The third kappa shape index (κ3) is 4.79. The summed E-state index contributed by atoms with van der Waals surface area (Å²) in [5.41, 5.74) is 0.701. The van der Waals surface area contributed by atoms with Gasteiger partial charge in [0, 0.05) is 34.5 Å². The predicted molar refractivity (Wildman–Crippen MR) is 125 cm³/mol. The number of carbonyl (C=O) groups is 1. The van der Waals surface area contributed by atoms with Gasteiger partial charge >= 0.3 is 11.0 Å². The molecule has 2 aliphatic heterocycles. The van der Waals surface area contributed by atoms with Crippen LogP contribution in [0, 0.1) is 5.82 Å². The maximum atomic E-state index is 14.6. The first kappa shape index (κ1) is 25.2. The highest BCUT2D eigenvalue weighted by atomic mass is 19.4. The molecule has 0 radical (unpaired) electrons. The third-order valence-corrected chi connectivity index (χ3v) is 7.18. The van der Waals surface area contributed by atoms with Crippen LogP contribution in [0.15, 0.2) is 41.0 Å². The topological polar surface area (TPSA) is 79.4 Å². The number of fused-ring (bicyclic) bond motifs is 1. The van der Waals surface area contributed by atoms with Crippen LogP contribution in [0.25, 0.3) is 0 Å². The largest absolute Gasteiger partial charge is 0.466 e. The lowest BCUT2D eigenvalue weighted by Crippen LogP contribution is -2.61. The third-order valence-electron chi connectivity index (χ3n) is 7.18. The molecule has 1 aromatic heterocycles. The number of nitrogens with one attached hydrogen (secondary N) is 2. The molecule has 0 saturated carbocycles. The van der Waals surface area contributed by atoms with Crippen LogP contribution in [-0.4, -0.2) is 50.0 Å². The van der Waals surface area contributed by atoms with Crippen molar-refractivity contribution in [3.8, 4) is 0 Å². The zero-order valence-corrected chi connectivity index (χ0v) is 20.9. The van der Waals surface area contributed by atoms with Crippen molar-refractivity contribution in [3.05, 3.63) is 46.8 Å². The van der Waals surface area contributed by atoms with E-state index in [1.807, 2.05) is 0 Å². The number of hydroxylamine groups is 1. The molecule has 1 saturated heterocycles. The minimum absolute atomic E-state index is 0.00204. The lowest BCUT2D eigenvalue weighted by Gasteiger charge is -2.53. The monoisotopic (exact) mass is 493 g/mol. The van der Waals surface area contributed by atoms with Gasteiger partial charge in [0.1, 0.15) is 8.96 Å². The molecule has 8 nitrogen and oxygen atoms in total. The Labute approximate surface area is 203 Å². The number of halogens is 3. The van der Waals surface area contributed by atoms with Crippen LogP contribution in [-0.2, 0) is 9.63 Å². The summed E-state index contributed by atoms with van der Waals surface area (Å²) in [5, 5.41) is 2.99. The second kappa shape index (κ2) is 8.63. The molecular formula is C24H32F3N6O2+. The molecule has 1 amide bonds. The zero-order valence-electron chi connectivity index (χ0n) is 20.9. The van der Waals surface area contributed by atoms with Gasteiger partial charge in [-0.3, -0.25) is 4.90 Å². The standard InChI is InChI=1S/C24H32F3N6O2/c1-7-16-17-9-8-14(10-19(17)35-33(26,27)21(16)34)30-22-28-13-18(25)20(31-22)29-15-11-23(2,3)32(6)24(4,5)12-15/h8,10,13,15H,7,9,11-12H2,1-6H3,(H2,28,29,30,31)/q+1. The van der Waals surface area contributed by atoms with Gasteiger partial charge in [0.25, 0.3) is 0 Å². The highest BCUT2D eigenvalue weighted by molar-refractivity contribution is 5.89. The first-order valence-corrected chi connectivity index (χ1v) is 11.7. The average molecular weight is 494 g/mol. The van der Waals surface area contributed by atoms with Crippen LogP contribution in [0.3, 0.4) is 0 Å². The first-order valence-electron chi connectivity index (χ1n) is 11.7. The van der Waals surface area contributed by atoms with Gasteiger partial charge in [-0.1, -0.05) is 13.0 Å². The quantitative estimate of drug-likeness (QED) is 0.557. The van der Waals surface area contributed by atoms with E-state index < -0.39 is 16.8 Å². The van der Waals surface area contributed by atoms with Crippen molar-refractivity contribution in [3.63, 3.8) is 0 Å². The second-order valence-corrected chi connectivity index (χ2v) is 10.5. The molecule has 2 N–H and O–H groups in total. The summed E-state index contributed by atoms with van der Waals surface area (Å²) in [6.45, 7) is 10.3. The Balaban J connectivity index is 1.53. The maximum absolute atomic E-state index is 14.6. The van der Waals surface area contributed by atoms with Crippen molar-refractivity contribution in [1.82, 2.24) is 14.9 Å². The van der Waals surface area contributed by atoms with E-state index >= 15 is 0 Å². The molecule has 1 aliphatic carbocycles. The van der Waals surface area contributed by atoms with E-state index in [4.69, 9.17) is 0 Å². The van der Waals surface area contributed by atoms with Crippen molar-refractivity contribution < 1.29 is 28.1 Å². The number of hydrogen-bond donors (Lipinski definition) is 2. The molecule has 3 heterocycles. The lowest BCUT2D eigenvalue weighted by atomic mass is 9.77. The summed E-state index contributed by atoms with van der Waals surface area (Å²) >= 11 is 0. The Bertz CT molecular complexity index is 1120. The van der Waals surface area contributed by atoms with E-state index in [-0.39, 0.29) is 53.1 Å². The molecule has 4 rings (SSSR count). The van der Waals surface area contributed by atoms with Crippen LogP contribution in [0.4, 0.5) is 25.1 Å². The maximum Gasteiger partial charge on any atom is 0.466 e. The summed E-state index contributed by atoms with van der Waals surface area (Å²) in [6, 6.07) is -0.00204. The summed E-state index contributed by atoms with van der Waals surface area (Å²) < 4.78 is 42.6. The van der Waals surface area contributed by atoms with Crippen LogP contribution >= 0.6 is 0 Å². The van der Waals surface area contributed by atoms with E-state index in [1.54, 1.807) is 13.0 Å². The summed E-state index contributed by atoms with van der Waals surface area (Å²) in [4.78, 5) is 27.2. The van der Waals surface area contributed by atoms with Crippen molar-refractivity contribution in [1.29, 1.82) is 0 Å². The average Bonchev–Trinajstić information content (AvgIpc) is 2.75. The molecule has 0 spiro atoms. The van der Waals surface area contributed by atoms with E-state index in [0.717, 1.165) is 19.0 Å². The fraction of sp³-hybridized carbons (Fsp3) is 0.542. The summed E-state index contributed by atoms with van der Waals surface area (Å²) in [7, 11) is 2.10. The molecule has 35 heavy (non-hydrogen) atoms. The molecule has 190 valence electrons. The molecule has 0 unspecified atom stereocenters. The Kier molecular flexibility index (Phi) is 6.21. The molecule has 0 bridgehead atoms. The number of amides is 1. The van der Waals surface area contributed by atoms with Crippen LogP contribution < -0.4 is 10.6 Å². The smallest absolute Gasteiger partial charge is 0.365 e. The molecule has 0 aromatic carbocycles. The molecular weight excluding hydrogens is 461 g/mol. The lowest BCUT2D eigenvalue weighted by molar-refractivity contribution is -1.24. The van der Waals surface area contributed by atoms with E-state index in [1.165, 1.54) is 6.08 Å². The van der Waals surface area contributed by atoms with Gasteiger partial charge in [-0.2, -0.15) is 4.98 Å². The van der Waals surface area contributed by atoms with Gasteiger partial charge in [-0.25, -0.2) is 19.0 Å². The van der Waals surface area contributed by atoms with Crippen LogP contribution in [0.5, 0.6) is 0 Å². The van der Waals surface area contributed by atoms with Crippen LogP contribution in [0.2, 0.25) is 0 Å². The van der Waals surface area contributed by atoms with Gasteiger partial charge < -0.3 is 10.6 Å². The number of allylic oxidation sites excluding steroid dienone is 3. The Morgan fingerprint density at radius 1 is 1.23 bits per heavy atom. The number of quaternary nitrogens is 1. The Hall–Kier alpha value is -2.92. The summed E-state index contributed by atoms with van der Waals surface area (Å²) in [6.07, 6.45) is 6.16. The molecule has 1 fully saturated rings. The molecule has 11 heteroatoms. The number of nitrogens with zero attached hydrogens (tertiary/aromatic N) is 4. The molecule has 3 aliphatic rings. The Morgan fingerprint density at radius 2 is 1.89 bits per heavy atom. The number of hydrogen-bond acceptors (Lipinski definition) is 7. The van der Waals surface area contributed by atoms with Gasteiger partial charge in [-0.05, 0) is 60.4 Å². The Morgan fingerprint density at radius 3 is 2.51 bits per heavy atom. The van der Waals surface area contributed by atoms with Gasteiger partial charge in [-0.15, -0.1) is 0 Å². The first-order chi connectivity index (χ1) is 16.2. The fourth-order valence-corrected chi connectivity index (χ4v) is 5.18. The van der Waals surface area contributed by atoms with Gasteiger partial charge in [0.15, 0.2) is 11.6 Å². The van der Waals surface area contributed by atoms with Gasteiger partial charge in [0.05, 0.1) is 11.8 Å². The zero-order chi connectivity index (χ0) is 25.8. The van der Waals surface area contributed by atoms with Crippen molar-refractivity contribution in [2.45, 2.75) is 77.4 Å². The van der Waals surface area contributed by atoms with Crippen molar-refractivity contribution >= 4 is 17.7 Å². The van der Waals surface area contributed by atoms with Crippen molar-refractivity contribution in [2.75, 3.05) is 17.7 Å². The number of aromatic nitrogens is 2. The second-order valence-electron chi connectivity index (χ2n) is 10.5. The normalized spacial score (nSPS) is 23.7. The molecule has 0 atom stereocenters. The number of carbonyl (C=O) groups excluding carboxylic acids is 1. The number of likely N-dealkylation sites (tertiary alicyclic amines) is 1.